The highest BCUT2D eigenvalue weighted by molar-refractivity contribution is 7.26. The number of benzene rings is 2. The fourth-order valence-electron chi connectivity index (χ4n) is 2.13. The summed E-state index contributed by atoms with van der Waals surface area (Å²) < 4.78 is 8.62. The summed E-state index contributed by atoms with van der Waals surface area (Å²) in [5.41, 5.74) is -0.162. The van der Waals surface area contributed by atoms with Crippen LogP contribution in [0.4, 0.5) is 0 Å². The molecule has 0 aliphatic carbocycles. The zero-order valence-electron chi connectivity index (χ0n) is 10.9. The summed E-state index contributed by atoms with van der Waals surface area (Å²) in [6.45, 7) is 6.25. The fraction of sp³-hybridized carbons (Fsp3) is 0.250. The van der Waals surface area contributed by atoms with Crippen molar-refractivity contribution in [1.29, 1.82) is 0 Å². The minimum atomic E-state index is -0.162. The van der Waals surface area contributed by atoms with Crippen LogP contribution < -0.4 is 4.74 Å². The normalized spacial score (nSPS) is 12.2. The maximum atomic E-state index is 6.05. The number of hydrogen-bond acceptors (Lipinski definition) is 2. The van der Waals surface area contributed by atoms with Crippen molar-refractivity contribution in [3.05, 3.63) is 42.5 Å². The van der Waals surface area contributed by atoms with E-state index in [9.17, 15) is 0 Å². The summed E-state index contributed by atoms with van der Waals surface area (Å²) in [6, 6.07) is 14.8. The summed E-state index contributed by atoms with van der Waals surface area (Å²) >= 11 is 1.80. The average molecular weight is 256 g/mol. The lowest BCUT2D eigenvalue weighted by Crippen LogP contribution is -2.22. The molecular weight excluding hydrogens is 240 g/mol. The molecule has 0 fully saturated rings. The molecule has 0 saturated heterocycles. The second-order valence-electron chi connectivity index (χ2n) is 5.45. The summed E-state index contributed by atoms with van der Waals surface area (Å²) in [4.78, 5) is 0. The van der Waals surface area contributed by atoms with Crippen molar-refractivity contribution < 1.29 is 4.74 Å². The second kappa shape index (κ2) is 3.99. The predicted octanol–water partition coefficient (Wildman–Crippen LogP) is 5.23. The fourth-order valence-corrected chi connectivity index (χ4v) is 3.28. The van der Waals surface area contributed by atoms with Gasteiger partial charge in [0.1, 0.15) is 11.4 Å². The van der Waals surface area contributed by atoms with E-state index in [2.05, 4.69) is 63.2 Å². The summed E-state index contributed by atoms with van der Waals surface area (Å²) in [6.07, 6.45) is 0. The van der Waals surface area contributed by atoms with Crippen molar-refractivity contribution in [2.24, 2.45) is 0 Å². The van der Waals surface area contributed by atoms with Gasteiger partial charge < -0.3 is 4.74 Å². The Labute approximate surface area is 111 Å². The standard InChI is InChI=1S/C16H16OS/c1-16(2,3)17-13-9-6-8-12-11-7-4-5-10-14(11)18-15(12)13/h4-10H,1-3H3. The van der Waals surface area contributed by atoms with Gasteiger partial charge in [0.05, 0.1) is 4.70 Å². The van der Waals surface area contributed by atoms with Crippen molar-refractivity contribution in [3.63, 3.8) is 0 Å². The van der Waals surface area contributed by atoms with Crippen molar-refractivity contribution in [2.45, 2.75) is 26.4 Å². The predicted molar refractivity (Wildman–Crippen MR) is 79.7 cm³/mol. The SMILES string of the molecule is CC(C)(C)Oc1cccc2c1sc1ccccc12. The highest BCUT2D eigenvalue weighted by Gasteiger charge is 2.15. The third kappa shape index (κ3) is 1.97. The molecule has 0 bridgehead atoms. The minimum absolute atomic E-state index is 0.162. The van der Waals surface area contributed by atoms with Gasteiger partial charge in [-0.25, -0.2) is 0 Å². The van der Waals surface area contributed by atoms with Crippen LogP contribution in [0.1, 0.15) is 20.8 Å². The average Bonchev–Trinajstić information content (AvgIpc) is 2.67. The highest BCUT2D eigenvalue weighted by Crippen LogP contribution is 2.39. The van der Waals surface area contributed by atoms with Crippen LogP contribution in [-0.4, -0.2) is 5.60 Å². The van der Waals surface area contributed by atoms with Crippen molar-refractivity contribution in [3.8, 4) is 5.75 Å². The highest BCUT2D eigenvalue weighted by atomic mass is 32.1. The molecule has 3 aromatic rings. The van der Waals surface area contributed by atoms with Gasteiger partial charge in [-0.1, -0.05) is 30.3 Å². The van der Waals surface area contributed by atoms with Crippen LogP contribution in [0.5, 0.6) is 5.75 Å². The monoisotopic (exact) mass is 256 g/mol. The molecule has 1 nitrogen and oxygen atoms in total. The quantitative estimate of drug-likeness (QED) is 0.579. The lowest BCUT2D eigenvalue weighted by Gasteiger charge is -2.21. The Morgan fingerprint density at radius 3 is 2.39 bits per heavy atom. The van der Waals surface area contributed by atoms with E-state index in [4.69, 9.17) is 4.74 Å². The zero-order chi connectivity index (χ0) is 12.8. The third-order valence-electron chi connectivity index (χ3n) is 2.78. The lowest BCUT2D eigenvalue weighted by atomic mass is 10.1. The van der Waals surface area contributed by atoms with Gasteiger partial charge in [0, 0.05) is 15.5 Å². The van der Waals surface area contributed by atoms with Crippen LogP contribution in [0.2, 0.25) is 0 Å². The first-order chi connectivity index (χ1) is 8.54. The molecule has 0 saturated carbocycles. The largest absolute Gasteiger partial charge is 0.487 e. The maximum absolute atomic E-state index is 6.05. The van der Waals surface area contributed by atoms with E-state index in [1.165, 1.54) is 20.2 Å². The molecule has 2 heteroatoms. The smallest absolute Gasteiger partial charge is 0.137 e. The second-order valence-corrected chi connectivity index (χ2v) is 6.50. The molecule has 0 amide bonds. The van der Waals surface area contributed by atoms with Gasteiger partial charge in [0.2, 0.25) is 0 Å². The maximum Gasteiger partial charge on any atom is 0.137 e. The van der Waals surface area contributed by atoms with Crippen LogP contribution in [0.3, 0.4) is 0 Å². The molecular formula is C16H16OS. The van der Waals surface area contributed by atoms with Crippen LogP contribution in [0.25, 0.3) is 20.2 Å². The Morgan fingerprint density at radius 2 is 1.61 bits per heavy atom. The van der Waals surface area contributed by atoms with Gasteiger partial charge in [-0.15, -0.1) is 11.3 Å². The van der Waals surface area contributed by atoms with Gasteiger partial charge in [-0.3, -0.25) is 0 Å². The van der Waals surface area contributed by atoms with Crippen LogP contribution in [-0.2, 0) is 0 Å². The number of thiophene rings is 1. The van der Waals surface area contributed by atoms with E-state index in [0.717, 1.165) is 5.75 Å². The molecule has 0 radical (unpaired) electrons. The lowest BCUT2D eigenvalue weighted by molar-refractivity contribution is 0.133. The van der Waals surface area contributed by atoms with Crippen LogP contribution in [0, 0.1) is 0 Å². The minimum Gasteiger partial charge on any atom is -0.487 e. The molecule has 0 aliphatic heterocycles. The Bertz CT molecular complexity index is 704. The number of rotatable bonds is 1. The Balaban J connectivity index is 2.28. The topological polar surface area (TPSA) is 9.23 Å². The molecule has 92 valence electrons. The van der Waals surface area contributed by atoms with E-state index in [1.54, 1.807) is 11.3 Å². The third-order valence-corrected chi connectivity index (χ3v) is 3.99. The molecule has 2 aromatic carbocycles. The summed E-state index contributed by atoms with van der Waals surface area (Å²) in [7, 11) is 0. The van der Waals surface area contributed by atoms with E-state index in [1.807, 2.05) is 0 Å². The molecule has 1 heterocycles. The molecule has 0 unspecified atom stereocenters. The molecule has 3 rings (SSSR count). The Morgan fingerprint density at radius 1 is 0.889 bits per heavy atom. The molecule has 0 atom stereocenters. The van der Waals surface area contributed by atoms with E-state index >= 15 is 0 Å². The molecule has 0 N–H and O–H groups in total. The van der Waals surface area contributed by atoms with Crippen LogP contribution in [0.15, 0.2) is 42.5 Å². The van der Waals surface area contributed by atoms with E-state index < -0.39 is 0 Å². The van der Waals surface area contributed by atoms with Gasteiger partial charge in [0.15, 0.2) is 0 Å². The number of fused-ring (bicyclic) bond motifs is 3. The molecule has 18 heavy (non-hydrogen) atoms. The van der Waals surface area contributed by atoms with Gasteiger partial charge >= 0.3 is 0 Å². The van der Waals surface area contributed by atoms with Crippen molar-refractivity contribution in [2.75, 3.05) is 0 Å². The Hall–Kier alpha value is -1.54. The molecule has 0 aliphatic rings. The van der Waals surface area contributed by atoms with Gasteiger partial charge in [0.25, 0.3) is 0 Å². The van der Waals surface area contributed by atoms with Crippen LogP contribution >= 0.6 is 11.3 Å². The first-order valence-corrected chi connectivity index (χ1v) is 6.95. The molecule has 1 aromatic heterocycles. The number of hydrogen-bond donors (Lipinski definition) is 0. The first kappa shape index (κ1) is 11.5. The summed E-state index contributed by atoms with van der Waals surface area (Å²) in [5.74, 6) is 0.987. The van der Waals surface area contributed by atoms with E-state index in [0.29, 0.717) is 0 Å². The van der Waals surface area contributed by atoms with E-state index in [-0.39, 0.29) is 5.60 Å². The van der Waals surface area contributed by atoms with Crippen molar-refractivity contribution >= 4 is 31.5 Å². The zero-order valence-corrected chi connectivity index (χ0v) is 11.7. The first-order valence-electron chi connectivity index (χ1n) is 6.14. The summed E-state index contributed by atoms with van der Waals surface area (Å²) in [5, 5.41) is 2.61. The molecule has 0 spiro atoms. The van der Waals surface area contributed by atoms with Gasteiger partial charge in [-0.2, -0.15) is 0 Å². The Kier molecular flexibility index (Phi) is 2.56. The van der Waals surface area contributed by atoms with Gasteiger partial charge in [-0.05, 0) is 32.9 Å². The number of ether oxygens (including phenoxy) is 1. The van der Waals surface area contributed by atoms with Crippen molar-refractivity contribution in [1.82, 2.24) is 0 Å².